The number of rotatable bonds is 3. The summed E-state index contributed by atoms with van der Waals surface area (Å²) in [5, 5.41) is 9.49. The van der Waals surface area contributed by atoms with E-state index in [0.29, 0.717) is 0 Å². The molecule has 116 valence electrons. The third-order valence-electron chi connectivity index (χ3n) is 3.70. The van der Waals surface area contributed by atoms with E-state index in [1.165, 1.54) is 6.20 Å². The van der Waals surface area contributed by atoms with Crippen LogP contribution in [0.1, 0.15) is 48.0 Å². The molecular weight excluding hydrogens is 274 g/mol. The lowest BCUT2D eigenvalue weighted by atomic mass is 9.86. The summed E-state index contributed by atoms with van der Waals surface area (Å²) in [5.41, 5.74) is 5.15. The lowest BCUT2D eigenvalue weighted by Crippen LogP contribution is -2.14. The molecule has 2 rings (SSSR count). The van der Waals surface area contributed by atoms with Crippen molar-refractivity contribution in [1.82, 2.24) is 4.98 Å². The molecule has 0 amide bonds. The molecular formula is C19H23NO2. The average Bonchev–Trinajstić information content (AvgIpc) is 2.40. The van der Waals surface area contributed by atoms with Crippen molar-refractivity contribution in [2.45, 2.75) is 41.0 Å². The molecule has 2 aromatic rings. The van der Waals surface area contributed by atoms with E-state index < -0.39 is 5.97 Å². The third-order valence-corrected chi connectivity index (χ3v) is 3.70. The maximum atomic E-state index is 11.6. The number of benzene rings is 1. The maximum Gasteiger partial charge on any atom is 0.337 e. The van der Waals surface area contributed by atoms with Crippen molar-refractivity contribution >= 4 is 5.97 Å². The van der Waals surface area contributed by atoms with Crippen LogP contribution < -0.4 is 0 Å². The van der Waals surface area contributed by atoms with Crippen LogP contribution in [0, 0.1) is 19.3 Å². The number of nitrogens with zero attached hydrogens (tertiary/aromatic N) is 1. The molecule has 3 nitrogen and oxygen atoms in total. The number of aromatic carboxylic acids is 1. The minimum Gasteiger partial charge on any atom is -0.478 e. The quantitative estimate of drug-likeness (QED) is 0.897. The van der Waals surface area contributed by atoms with Crippen LogP contribution >= 0.6 is 0 Å². The fraction of sp³-hybridized carbons (Fsp3) is 0.368. The second kappa shape index (κ2) is 5.91. The van der Waals surface area contributed by atoms with Crippen LogP contribution in [0.15, 0.2) is 30.5 Å². The summed E-state index contributed by atoms with van der Waals surface area (Å²) in [6.07, 6.45) is 2.31. The highest BCUT2D eigenvalue weighted by Gasteiger charge is 2.21. The molecule has 0 radical (unpaired) electrons. The topological polar surface area (TPSA) is 50.2 Å². The second-order valence-corrected chi connectivity index (χ2v) is 7.03. The molecule has 1 heterocycles. The summed E-state index contributed by atoms with van der Waals surface area (Å²) in [6, 6.07) is 7.96. The van der Waals surface area contributed by atoms with E-state index in [4.69, 9.17) is 0 Å². The average molecular weight is 297 g/mol. The molecule has 3 heteroatoms. The molecule has 0 unspecified atom stereocenters. The van der Waals surface area contributed by atoms with Crippen LogP contribution in [-0.2, 0) is 6.42 Å². The molecule has 0 saturated heterocycles. The van der Waals surface area contributed by atoms with E-state index in [1.54, 1.807) is 0 Å². The Bertz CT molecular complexity index is 695. The first-order valence-electron chi connectivity index (χ1n) is 7.48. The van der Waals surface area contributed by atoms with Gasteiger partial charge in [0.15, 0.2) is 0 Å². The van der Waals surface area contributed by atoms with E-state index in [-0.39, 0.29) is 11.0 Å². The molecule has 0 atom stereocenters. The molecule has 1 N–H and O–H groups in total. The highest BCUT2D eigenvalue weighted by atomic mass is 16.4. The molecule has 0 aliphatic heterocycles. The third kappa shape index (κ3) is 3.53. The Labute approximate surface area is 132 Å². The van der Waals surface area contributed by atoms with Gasteiger partial charge in [0.2, 0.25) is 0 Å². The number of hydrogen-bond donors (Lipinski definition) is 1. The monoisotopic (exact) mass is 297 g/mol. The molecule has 0 saturated carbocycles. The highest BCUT2D eigenvalue weighted by molar-refractivity contribution is 5.96. The Kier molecular flexibility index (Phi) is 4.36. The fourth-order valence-corrected chi connectivity index (χ4v) is 2.59. The van der Waals surface area contributed by atoms with Gasteiger partial charge in [0.1, 0.15) is 0 Å². The molecule has 0 aliphatic carbocycles. The summed E-state index contributed by atoms with van der Waals surface area (Å²) < 4.78 is 0. The molecule has 0 aliphatic rings. The first-order chi connectivity index (χ1) is 10.2. The summed E-state index contributed by atoms with van der Waals surface area (Å²) >= 11 is 0. The van der Waals surface area contributed by atoms with Crippen LogP contribution in [-0.4, -0.2) is 16.1 Å². The standard InChI is InChI=1S/C19H23NO2/c1-12-6-8-14(9-7-12)17-13(2)16(10-19(3,4)5)20-11-15(17)18(21)22/h6-9,11H,10H2,1-5H3,(H,21,22). The van der Waals surface area contributed by atoms with Gasteiger partial charge in [0, 0.05) is 17.5 Å². The highest BCUT2D eigenvalue weighted by Crippen LogP contribution is 2.31. The van der Waals surface area contributed by atoms with Gasteiger partial charge in [-0.3, -0.25) is 4.98 Å². The Morgan fingerprint density at radius 2 is 1.73 bits per heavy atom. The summed E-state index contributed by atoms with van der Waals surface area (Å²) in [4.78, 5) is 16.0. The SMILES string of the molecule is Cc1ccc(-c2c(C(=O)O)cnc(CC(C)(C)C)c2C)cc1. The Hall–Kier alpha value is -2.16. The van der Waals surface area contributed by atoms with Gasteiger partial charge >= 0.3 is 5.97 Å². The zero-order valence-corrected chi connectivity index (χ0v) is 13.9. The van der Waals surface area contributed by atoms with Crippen LogP contribution in [0.5, 0.6) is 0 Å². The smallest absolute Gasteiger partial charge is 0.337 e. The van der Waals surface area contributed by atoms with Crippen molar-refractivity contribution in [3.05, 3.63) is 52.8 Å². The number of carbonyl (C=O) groups is 1. The van der Waals surface area contributed by atoms with Crippen LogP contribution in [0.2, 0.25) is 0 Å². The molecule has 1 aromatic carbocycles. The van der Waals surface area contributed by atoms with E-state index in [0.717, 1.165) is 34.4 Å². The Morgan fingerprint density at radius 1 is 1.14 bits per heavy atom. The van der Waals surface area contributed by atoms with Gasteiger partial charge < -0.3 is 5.11 Å². The molecule has 22 heavy (non-hydrogen) atoms. The number of aryl methyl sites for hydroxylation is 1. The molecule has 0 bridgehead atoms. The van der Waals surface area contributed by atoms with Crippen molar-refractivity contribution in [2.24, 2.45) is 5.41 Å². The predicted molar refractivity (Wildman–Crippen MR) is 89.3 cm³/mol. The number of carboxylic acids is 1. The van der Waals surface area contributed by atoms with Crippen molar-refractivity contribution in [3.63, 3.8) is 0 Å². The summed E-state index contributed by atoms with van der Waals surface area (Å²) in [5.74, 6) is -0.937. The largest absolute Gasteiger partial charge is 0.478 e. The molecule has 1 aromatic heterocycles. The lowest BCUT2D eigenvalue weighted by molar-refractivity contribution is 0.0697. The van der Waals surface area contributed by atoms with Crippen LogP contribution in [0.4, 0.5) is 0 Å². The Morgan fingerprint density at radius 3 is 2.23 bits per heavy atom. The molecule has 0 fully saturated rings. The number of carboxylic acid groups (broad SMARTS) is 1. The van der Waals surface area contributed by atoms with Gasteiger partial charge in [-0.2, -0.15) is 0 Å². The van der Waals surface area contributed by atoms with Crippen molar-refractivity contribution in [1.29, 1.82) is 0 Å². The van der Waals surface area contributed by atoms with E-state index in [1.807, 2.05) is 38.1 Å². The van der Waals surface area contributed by atoms with Crippen molar-refractivity contribution < 1.29 is 9.90 Å². The number of pyridine rings is 1. The van der Waals surface area contributed by atoms with Gasteiger partial charge in [0.05, 0.1) is 5.56 Å². The van der Waals surface area contributed by atoms with Crippen molar-refractivity contribution in [3.8, 4) is 11.1 Å². The normalized spacial score (nSPS) is 11.5. The van der Waals surface area contributed by atoms with Gasteiger partial charge in [-0.15, -0.1) is 0 Å². The van der Waals surface area contributed by atoms with E-state index >= 15 is 0 Å². The van der Waals surface area contributed by atoms with Gasteiger partial charge in [0.25, 0.3) is 0 Å². The minimum absolute atomic E-state index is 0.104. The number of aromatic nitrogens is 1. The second-order valence-electron chi connectivity index (χ2n) is 7.03. The lowest BCUT2D eigenvalue weighted by Gasteiger charge is -2.21. The first kappa shape index (κ1) is 16.2. The van der Waals surface area contributed by atoms with E-state index in [9.17, 15) is 9.90 Å². The van der Waals surface area contributed by atoms with Gasteiger partial charge in [-0.1, -0.05) is 50.6 Å². The van der Waals surface area contributed by atoms with Crippen molar-refractivity contribution in [2.75, 3.05) is 0 Å². The van der Waals surface area contributed by atoms with Crippen LogP contribution in [0.3, 0.4) is 0 Å². The maximum absolute atomic E-state index is 11.6. The zero-order chi connectivity index (χ0) is 16.5. The van der Waals surface area contributed by atoms with Crippen LogP contribution in [0.25, 0.3) is 11.1 Å². The van der Waals surface area contributed by atoms with Gasteiger partial charge in [-0.05, 0) is 36.8 Å². The summed E-state index contributed by atoms with van der Waals surface area (Å²) in [7, 11) is 0. The molecule has 0 spiro atoms. The fourth-order valence-electron chi connectivity index (χ4n) is 2.59. The first-order valence-corrected chi connectivity index (χ1v) is 7.48. The Balaban J connectivity index is 2.64. The summed E-state index contributed by atoms with van der Waals surface area (Å²) in [6.45, 7) is 10.5. The van der Waals surface area contributed by atoms with Gasteiger partial charge in [-0.25, -0.2) is 4.79 Å². The predicted octanol–water partition coefficient (Wildman–Crippen LogP) is 4.65. The van der Waals surface area contributed by atoms with E-state index in [2.05, 4.69) is 25.8 Å². The number of hydrogen-bond acceptors (Lipinski definition) is 2. The minimum atomic E-state index is -0.937. The zero-order valence-electron chi connectivity index (χ0n) is 13.9.